The van der Waals surface area contributed by atoms with Gasteiger partial charge in [0.15, 0.2) is 0 Å². The van der Waals surface area contributed by atoms with E-state index >= 15 is 0 Å². The molecule has 0 aromatic rings. The van der Waals surface area contributed by atoms with Gasteiger partial charge in [0.2, 0.25) is 5.91 Å². The molecule has 14 heavy (non-hydrogen) atoms. The molecule has 1 atom stereocenters. The van der Waals surface area contributed by atoms with Crippen molar-refractivity contribution in [1.82, 2.24) is 5.32 Å². The number of nitrogens with one attached hydrogen (secondary N) is 1. The van der Waals surface area contributed by atoms with Crippen molar-refractivity contribution in [3.63, 3.8) is 0 Å². The second kappa shape index (κ2) is 6.02. The molecule has 1 unspecified atom stereocenters. The van der Waals surface area contributed by atoms with E-state index in [0.29, 0.717) is 0 Å². The summed E-state index contributed by atoms with van der Waals surface area (Å²) < 4.78 is 0. The van der Waals surface area contributed by atoms with Crippen molar-refractivity contribution in [2.45, 2.75) is 51.5 Å². The normalized spacial score (nSPS) is 18.1. The lowest BCUT2D eigenvalue weighted by Crippen LogP contribution is -2.42. The fraction of sp³-hybridized carbons (Fsp3) is 0.909. The third-order valence-corrected chi connectivity index (χ3v) is 2.79. The highest BCUT2D eigenvalue weighted by molar-refractivity contribution is 5.79. The van der Waals surface area contributed by atoms with E-state index in [1.54, 1.807) is 0 Å². The molecule has 0 aromatic carbocycles. The molecule has 1 rings (SSSR count). The van der Waals surface area contributed by atoms with Gasteiger partial charge in [0.05, 0.1) is 6.04 Å². The van der Waals surface area contributed by atoms with Gasteiger partial charge in [-0.1, -0.05) is 26.2 Å². The van der Waals surface area contributed by atoms with Gasteiger partial charge in [0.1, 0.15) is 0 Å². The van der Waals surface area contributed by atoms with Gasteiger partial charge in [0.25, 0.3) is 0 Å². The predicted octanol–water partition coefficient (Wildman–Crippen LogP) is 1.42. The van der Waals surface area contributed by atoms with Crippen LogP contribution < -0.4 is 11.1 Å². The van der Waals surface area contributed by atoms with Crippen LogP contribution in [0.2, 0.25) is 0 Å². The summed E-state index contributed by atoms with van der Waals surface area (Å²) in [7, 11) is 0. The number of carbonyl (C=O) groups excluding carboxylic acids is 1. The largest absolute Gasteiger partial charge is 0.368 e. The topological polar surface area (TPSA) is 55.1 Å². The number of amides is 1. The van der Waals surface area contributed by atoms with Gasteiger partial charge >= 0.3 is 0 Å². The van der Waals surface area contributed by atoms with E-state index in [9.17, 15) is 4.79 Å². The summed E-state index contributed by atoms with van der Waals surface area (Å²) in [6, 6.07) is -0.0952. The molecule has 1 amide bonds. The summed E-state index contributed by atoms with van der Waals surface area (Å²) in [5.41, 5.74) is 5.32. The van der Waals surface area contributed by atoms with Gasteiger partial charge in [-0.05, 0) is 31.7 Å². The molecule has 0 aromatic heterocycles. The highest BCUT2D eigenvalue weighted by Crippen LogP contribution is 2.27. The molecular weight excluding hydrogens is 176 g/mol. The average Bonchev–Trinajstić information content (AvgIpc) is 2.94. The number of hydrogen-bond donors (Lipinski definition) is 2. The molecule has 0 saturated heterocycles. The maximum Gasteiger partial charge on any atom is 0.234 e. The van der Waals surface area contributed by atoms with Crippen molar-refractivity contribution < 1.29 is 4.79 Å². The van der Waals surface area contributed by atoms with Crippen LogP contribution in [0.5, 0.6) is 0 Å². The van der Waals surface area contributed by atoms with E-state index in [1.807, 2.05) is 0 Å². The quantitative estimate of drug-likeness (QED) is 0.580. The van der Waals surface area contributed by atoms with Gasteiger partial charge in [0, 0.05) is 0 Å². The number of carbonyl (C=O) groups is 1. The molecule has 82 valence electrons. The Kier molecular flexibility index (Phi) is 4.94. The highest BCUT2D eigenvalue weighted by Gasteiger charge is 2.23. The van der Waals surface area contributed by atoms with Crippen molar-refractivity contribution in [3.8, 4) is 0 Å². The van der Waals surface area contributed by atoms with Crippen LogP contribution in [0.15, 0.2) is 0 Å². The number of unbranched alkanes of at least 4 members (excludes halogenated alkanes) is 2. The Morgan fingerprint density at radius 3 is 2.71 bits per heavy atom. The van der Waals surface area contributed by atoms with Gasteiger partial charge in [-0.25, -0.2) is 0 Å². The van der Waals surface area contributed by atoms with Crippen LogP contribution in [0.3, 0.4) is 0 Å². The molecule has 1 aliphatic carbocycles. The van der Waals surface area contributed by atoms with Crippen LogP contribution in [-0.4, -0.2) is 18.5 Å². The van der Waals surface area contributed by atoms with E-state index in [4.69, 9.17) is 5.73 Å². The van der Waals surface area contributed by atoms with Crippen LogP contribution in [0.25, 0.3) is 0 Å². The predicted molar refractivity (Wildman–Crippen MR) is 57.9 cm³/mol. The number of nitrogens with two attached hydrogens (primary N) is 1. The van der Waals surface area contributed by atoms with Crippen LogP contribution in [0, 0.1) is 5.92 Å². The molecule has 0 heterocycles. The first-order valence-corrected chi connectivity index (χ1v) is 5.76. The molecule has 0 bridgehead atoms. The summed E-state index contributed by atoms with van der Waals surface area (Å²) >= 11 is 0. The Morgan fingerprint density at radius 1 is 1.50 bits per heavy atom. The standard InChI is InChI=1S/C11H22N2O/c1-2-3-4-5-10(11(12)14)13-8-9-6-7-9/h9-10,13H,2-8H2,1H3,(H2,12,14). The van der Waals surface area contributed by atoms with E-state index in [-0.39, 0.29) is 11.9 Å². The Labute approximate surface area is 86.4 Å². The number of primary amides is 1. The minimum absolute atomic E-state index is 0.0952. The van der Waals surface area contributed by atoms with Crippen LogP contribution >= 0.6 is 0 Å². The molecule has 3 N–H and O–H groups in total. The van der Waals surface area contributed by atoms with Crippen LogP contribution in [-0.2, 0) is 4.79 Å². The molecule has 1 saturated carbocycles. The Bertz CT molecular complexity index is 178. The molecular formula is C11H22N2O. The van der Waals surface area contributed by atoms with E-state index in [1.165, 1.54) is 25.7 Å². The molecule has 3 heteroatoms. The Hall–Kier alpha value is -0.570. The van der Waals surface area contributed by atoms with Gasteiger partial charge in [-0.15, -0.1) is 0 Å². The third-order valence-electron chi connectivity index (χ3n) is 2.79. The SMILES string of the molecule is CCCCCC(NCC1CC1)C(N)=O. The fourth-order valence-electron chi connectivity index (χ4n) is 1.57. The minimum Gasteiger partial charge on any atom is -0.368 e. The van der Waals surface area contributed by atoms with Gasteiger partial charge in [-0.2, -0.15) is 0 Å². The molecule has 3 nitrogen and oxygen atoms in total. The summed E-state index contributed by atoms with van der Waals surface area (Å²) in [6.45, 7) is 3.14. The van der Waals surface area contributed by atoms with Crippen LogP contribution in [0.4, 0.5) is 0 Å². The van der Waals surface area contributed by atoms with Crippen molar-refractivity contribution in [3.05, 3.63) is 0 Å². The first kappa shape index (κ1) is 11.5. The molecule has 0 aliphatic heterocycles. The molecule has 1 fully saturated rings. The third kappa shape index (κ3) is 4.61. The fourth-order valence-corrected chi connectivity index (χ4v) is 1.57. The zero-order valence-corrected chi connectivity index (χ0v) is 9.09. The first-order chi connectivity index (χ1) is 6.74. The summed E-state index contributed by atoms with van der Waals surface area (Å²) in [5, 5.41) is 3.27. The lowest BCUT2D eigenvalue weighted by molar-refractivity contribution is -0.120. The zero-order chi connectivity index (χ0) is 10.4. The van der Waals surface area contributed by atoms with E-state index in [0.717, 1.165) is 25.3 Å². The van der Waals surface area contributed by atoms with Crippen molar-refractivity contribution in [2.75, 3.05) is 6.54 Å². The zero-order valence-electron chi connectivity index (χ0n) is 9.09. The number of rotatable bonds is 8. The molecule has 0 radical (unpaired) electrons. The smallest absolute Gasteiger partial charge is 0.234 e. The van der Waals surface area contributed by atoms with E-state index in [2.05, 4.69) is 12.2 Å². The van der Waals surface area contributed by atoms with Crippen molar-refractivity contribution >= 4 is 5.91 Å². The molecule has 0 spiro atoms. The summed E-state index contributed by atoms with van der Waals surface area (Å²) in [4.78, 5) is 11.1. The van der Waals surface area contributed by atoms with Crippen molar-refractivity contribution in [2.24, 2.45) is 11.7 Å². The lowest BCUT2D eigenvalue weighted by atomic mass is 10.1. The molecule has 1 aliphatic rings. The average molecular weight is 198 g/mol. The van der Waals surface area contributed by atoms with Gasteiger partial charge in [-0.3, -0.25) is 4.79 Å². The van der Waals surface area contributed by atoms with Crippen molar-refractivity contribution in [1.29, 1.82) is 0 Å². The maximum atomic E-state index is 11.1. The van der Waals surface area contributed by atoms with E-state index < -0.39 is 0 Å². The Balaban J connectivity index is 2.12. The summed E-state index contributed by atoms with van der Waals surface area (Å²) in [6.07, 6.45) is 7.00. The minimum atomic E-state index is -0.193. The summed E-state index contributed by atoms with van der Waals surface area (Å²) in [5.74, 6) is 0.616. The lowest BCUT2D eigenvalue weighted by Gasteiger charge is -2.14. The van der Waals surface area contributed by atoms with Crippen LogP contribution in [0.1, 0.15) is 45.4 Å². The number of hydrogen-bond acceptors (Lipinski definition) is 2. The highest BCUT2D eigenvalue weighted by atomic mass is 16.1. The second-order valence-electron chi connectivity index (χ2n) is 4.30. The Morgan fingerprint density at radius 2 is 2.21 bits per heavy atom. The first-order valence-electron chi connectivity index (χ1n) is 5.76. The maximum absolute atomic E-state index is 11.1. The monoisotopic (exact) mass is 198 g/mol. The van der Waals surface area contributed by atoms with Gasteiger partial charge < -0.3 is 11.1 Å². The second-order valence-corrected chi connectivity index (χ2v) is 4.30.